The molecule has 4 nitrogen and oxygen atoms in total. The largest absolute Gasteiger partial charge is 0.326 e. The van der Waals surface area contributed by atoms with Gasteiger partial charge in [0.05, 0.1) is 0 Å². The number of fused-ring (bicyclic) bond motifs is 1. The average Bonchev–Trinajstić information content (AvgIpc) is 2.60. The predicted molar refractivity (Wildman–Crippen MR) is 59.4 cm³/mol. The molecule has 0 aliphatic carbocycles. The molecule has 2 heterocycles. The molecular formula is C11H16N4. The van der Waals surface area contributed by atoms with Crippen molar-refractivity contribution in [2.24, 2.45) is 11.7 Å². The van der Waals surface area contributed by atoms with Crippen LogP contribution in [0.25, 0.3) is 5.65 Å². The second kappa shape index (κ2) is 3.98. The van der Waals surface area contributed by atoms with Crippen molar-refractivity contribution >= 4 is 5.65 Å². The summed E-state index contributed by atoms with van der Waals surface area (Å²) in [5, 5.41) is 8.30. The third-order valence-corrected chi connectivity index (χ3v) is 2.36. The molecule has 0 radical (unpaired) electrons. The Kier molecular flexibility index (Phi) is 2.68. The van der Waals surface area contributed by atoms with E-state index in [4.69, 9.17) is 5.73 Å². The number of nitrogens with zero attached hydrogens (tertiary/aromatic N) is 3. The van der Waals surface area contributed by atoms with E-state index >= 15 is 0 Å². The maximum atomic E-state index is 5.61. The van der Waals surface area contributed by atoms with Crippen molar-refractivity contribution in [1.29, 1.82) is 0 Å². The highest BCUT2D eigenvalue weighted by Gasteiger charge is 2.07. The van der Waals surface area contributed by atoms with E-state index in [9.17, 15) is 0 Å². The van der Waals surface area contributed by atoms with Crippen molar-refractivity contribution in [2.45, 2.75) is 26.8 Å². The molecule has 2 rings (SSSR count). The summed E-state index contributed by atoms with van der Waals surface area (Å²) in [7, 11) is 0. The fraction of sp³-hybridized carbons (Fsp3) is 0.455. The number of aromatic nitrogens is 3. The van der Waals surface area contributed by atoms with E-state index in [1.165, 1.54) is 0 Å². The first kappa shape index (κ1) is 10.1. The van der Waals surface area contributed by atoms with Gasteiger partial charge in [-0.05, 0) is 17.5 Å². The Balaban J connectivity index is 2.46. The summed E-state index contributed by atoms with van der Waals surface area (Å²) in [4.78, 5) is 0. The van der Waals surface area contributed by atoms with Crippen LogP contribution in [0.4, 0.5) is 0 Å². The second-order valence-electron chi connectivity index (χ2n) is 4.18. The maximum Gasteiger partial charge on any atom is 0.160 e. The maximum absolute atomic E-state index is 5.61. The molecule has 0 amide bonds. The Bertz CT molecular complexity index is 459. The number of nitrogens with two attached hydrogens (primary N) is 1. The van der Waals surface area contributed by atoms with Crippen LogP contribution in [-0.2, 0) is 13.0 Å². The van der Waals surface area contributed by atoms with Crippen molar-refractivity contribution in [3.8, 4) is 0 Å². The van der Waals surface area contributed by atoms with Gasteiger partial charge in [-0.2, -0.15) is 0 Å². The van der Waals surface area contributed by atoms with E-state index < -0.39 is 0 Å². The van der Waals surface area contributed by atoms with E-state index in [-0.39, 0.29) is 0 Å². The van der Waals surface area contributed by atoms with Crippen molar-refractivity contribution < 1.29 is 0 Å². The lowest BCUT2D eigenvalue weighted by molar-refractivity contribution is 0.615. The van der Waals surface area contributed by atoms with Gasteiger partial charge in [-0.1, -0.05) is 19.9 Å². The topological polar surface area (TPSA) is 56.2 Å². The zero-order valence-electron chi connectivity index (χ0n) is 9.14. The van der Waals surface area contributed by atoms with Gasteiger partial charge in [-0.15, -0.1) is 10.2 Å². The van der Waals surface area contributed by atoms with Crippen LogP contribution >= 0.6 is 0 Å². The van der Waals surface area contributed by atoms with Gasteiger partial charge in [0.25, 0.3) is 0 Å². The van der Waals surface area contributed by atoms with Crippen LogP contribution in [0.5, 0.6) is 0 Å². The molecule has 0 aliphatic heterocycles. The van der Waals surface area contributed by atoms with Gasteiger partial charge in [-0.25, -0.2) is 0 Å². The molecule has 80 valence electrons. The summed E-state index contributed by atoms with van der Waals surface area (Å²) in [6.07, 6.45) is 2.96. The highest BCUT2D eigenvalue weighted by Crippen LogP contribution is 2.10. The van der Waals surface area contributed by atoms with Crippen LogP contribution < -0.4 is 5.73 Å². The SMILES string of the molecule is CC(C)Cc1nnc2ccc(CN)cn12. The molecule has 0 fully saturated rings. The van der Waals surface area contributed by atoms with E-state index in [0.29, 0.717) is 12.5 Å². The fourth-order valence-electron chi connectivity index (χ4n) is 1.61. The molecule has 15 heavy (non-hydrogen) atoms. The fourth-order valence-corrected chi connectivity index (χ4v) is 1.61. The lowest BCUT2D eigenvalue weighted by atomic mass is 10.1. The van der Waals surface area contributed by atoms with Crippen molar-refractivity contribution in [1.82, 2.24) is 14.6 Å². The molecule has 0 aromatic carbocycles. The summed E-state index contributed by atoms with van der Waals surface area (Å²) in [6, 6.07) is 3.95. The smallest absolute Gasteiger partial charge is 0.160 e. The van der Waals surface area contributed by atoms with E-state index in [0.717, 1.165) is 23.5 Å². The molecule has 0 bridgehead atoms. The average molecular weight is 204 g/mol. The first-order valence-electron chi connectivity index (χ1n) is 5.23. The zero-order chi connectivity index (χ0) is 10.8. The highest BCUT2D eigenvalue weighted by molar-refractivity contribution is 5.39. The zero-order valence-corrected chi connectivity index (χ0v) is 9.14. The monoisotopic (exact) mass is 204 g/mol. The number of pyridine rings is 1. The molecule has 0 atom stereocenters. The van der Waals surface area contributed by atoms with Crippen LogP contribution in [0.2, 0.25) is 0 Å². The Labute approximate surface area is 89.1 Å². The van der Waals surface area contributed by atoms with E-state index in [1.54, 1.807) is 0 Å². The van der Waals surface area contributed by atoms with Crippen LogP contribution in [0.1, 0.15) is 25.2 Å². The number of rotatable bonds is 3. The summed E-state index contributed by atoms with van der Waals surface area (Å²) < 4.78 is 2.03. The summed E-state index contributed by atoms with van der Waals surface area (Å²) in [5.74, 6) is 1.59. The molecule has 2 aromatic rings. The van der Waals surface area contributed by atoms with Gasteiger partial charge >= 0.3 is 0 Å². The summed E-state index contributed by atoms with van der Waals surface area (Å²) >= 11 is 0. The molecule has 0 aliphatic rings. The lowest BCUT2D eigenvalue weighted by Gasteiger charge is -2.04. The Morgan fingerprint density at radius 3 is 2.80 bits per heavy atom. The number of hydrogen-bond donors (Lipinski definition) is 1. The van der Waals surface area contributed by atoms with Crippen LogP contribution in [-0.4, -0.2) is 14.6 Å². The molecule has 0 saturated heterocycles. The highest BCUT2D eigenvalue weighted by atomic mass is 15.2. The summed E-state index contributed by atoms with van der Waals surface area (Å²) in [5.41, 5.74) is 7.60. The van der Waals surface area contributed by atoms with Gasteiger partial charge < -0.3 is 5.73 Å². The van der Waals surface area contributed by atoms with E-state index in [1.807, 2.05) is 22.7 Å². The lowest BCUT2D eigenvalue weighted by Crippen LogP contribution is -2.03. The van der Waals surface area contributed by atoms with E-state index in [2.05, 4.69) is 24.0 Å². The van der Waals surface area contributed by atoms with Crippen molar-refractivity contribution in [3.63, 3.8) is 0 Å². The minimum Gasteiger partial charge on any atom is -0.326 e. The second-order valence-corrected chi connectivity index (χ2v) is 4.18. The van der Waals surface area contributed by atoms with Crippen molar-refractivity contribution in [2.75, 3.05) is 0 Å². The van der Waals surface area contributed by atoms with Crippen LogP contribution in [0.15, 0.2) is 18.3 Å². The predicted octanol–water partition coefficient (Wildman–Crippen LogP) is 1.39. The van der Waals surface area contributed by atoms with Gasteiger partial charge in [0, 0.05) is 19.2 Å². The Hall–Kier alpha value is -1.42. The number of hydrogen-bond acceptors (Lipinski definition) is 3. The molecule has 2 aromatic heterocycles. The first-order valence-corrected chi connectivity index (χ1v) is 5.23. The quantitative estimate of drug-likeness (QED) is 0.822. The molecule has 2 N–H and O–H groups in total. The van der Waals surface area contributed by atoms with Gasteiger partial charge in [0.2, 0.25) is 0 Å². The first-order chi connectivity index (χ1) is 7.20. The van der Waals surface area contributed by atoms with Gasteiger partial charge in [0.15, 0.2) is 5.65 Å². The minimum absolute atomic E-state index is 0.551. The third-order valence-electron chi connectivity index (χ3n) is 2.36. The minimum atomic E-state index is 0.551. The Morgan fingerprint density at radius 2 is 2.13 bits per heavy atom. The van der Waals surface area contributed by atoms with Gasteiger partial charge in [0.1, 0.15) is 5.82 Å². The Morgan fingerprint density at radius 1 is 1.33 bits per heavy atom. The van der Waals surface area contributed by atoms with Crippen LogP contribution in [0, 0.1) is 5.92 Å². The third kappa shape index (κ3) is 1.99. The standard InChI is InChI=1S/C11H16N4/c1-8(2)5-11-14-13-10-4-3-9(6-12)7-15(10)11/h3-4,7-8H,5-6,12H2,1-2H3. The molecule has 4 heteroatoms. The van der Waals surface area contributed by atoms with Crippen LogP contribution in [0.3, 0.4) is 0 Å². The van der Waals surface area contributed by atoms with Crippen molar-refractivity contribution in [3.05, 3.63) is 29.7 Å². The molecular weight excluding hydrogens is 188 g/mol. The van der Waals surface area contributed by atoms with Gasteiger partial charge in [-0.3, -0.25) is 4.40 Å². The molecule has 0 spiro atoms. The molecule has 0 saturated carbocycles. The normalized spacial score (nSPS) is 11.5. The molecule has 0 unspecified atom stereocenters. The summed E-state index contributed by atoms with van der Waals surface area (Å²) in [6.45, 7) is 4.90.